The minimum atomic E-state index is -4.24. The SMILES string of the molecule is CCC(C)OP(=O)(O)O.CCCCC(CC)CNCC(CC)CCCC. The molecule has 0 heterocycles. The molecular weight excluding hydrogens is 349 g/mol. The average molecular weight is 396 g/mol. The monoisotopic (exact) mass is 395 g/mol. The Labute approximate surface area is 162 Å². The summed E-state index contributed by atoms with van der Waals surface area (Å²) in [7, 11) is -4.24. The molecule has 0 saturated carbocycles. The van der Waals surface area contributed by atoms with Crippen LogP contribution in [0.25, 0.3) is 0 Å². The lowest BCUT2D eigenvalue weighted by molar-refractivity contribution is 0.142. The molecule has 0 bridgehead atoms. The Morgan fingerprint density at radius 2 is 1.27 bits per heavy atom. The molecule has 0 aromatic carbocycles. The van der Waals surface area contributed by atoms with Gasteiger partial charge >= 0.3 is 7.82 Å². The minimum Gasteiger partial charge on any atom is -0.316 e. The van der Waals surface area contributed by atoms with E-state index in [1.54, 1.807) is 13.8 Å². The molecule has 0 rings (SSSR count). The molecule has 0 aliphatic carbocycles. The molecule has 0 fully saturated rings. The molecule has 0 aromatic heterocycles. The Morgan fingerprint density at radius 3 is 1.50 bits per heavy atom. The first-order valence-electron chi connectivity index (χ1n) is 10.7. The molecule has 0 radical (unpaired) electrons. The number of rotatable bonds is 15. The van der Waals surface area contributed by atoms with E-state index in [4.69, 9.17) is 9.79 Å². The van der Waals surface area contributed by atoms with Crippen molar-refractivity contribution in [3.63, 3.8) is 0 Å². The van der Waals surface area contributed by atoms with Crippen LogP contribution in [0.1, 0.15) is 99.3 Å². The lowest BCUT2D eigenvalue weighted by Crippen LogP contribution is -2.28. The Bertz CT molecular complexity index is 320. The van der Waals surface area contributed by atoms with Crippen molar-refractivity contribution in [1.82, 2.24) is 5.32 Å². The van der Waals surface area contributed by atoms with E-state index in [0.29, 0.717) is 6.42 Å². The van der Waals surface area contributed by atoms with Crippen molar-refractivity contribution < 1.29 is 18.9 Å². The highest BCUT2D eigenvalue weighted by Gasteiger charge is 2.16. The van der Waals surface area contributed by atoms with Gasteiger partial charge in [0.05, 0.1) is 6.10 Å². The number of unbranched alkanes of at least 4 members (excludes halogenated alkanes) is 2. The third-order valence-corrected chi connectivity index (χ3v) is 5.48. The van der Waals surface area contributed by atoms with Crippen LogP contribution in [-0.4, -0.2) is 29.0 Å². The highest BCUT2D eigenvalue weighted by Crippen LogP contribution is 2.37. The Kier molecular flexibility index (Phi) is 20.1. The topological polar surface area (TPSA) is 78.8 Å². The lowest BCUT2D eigenvalue weighted by Gasteiger charge is -2.19. The zero-order valence-electron chi connectivity index (χ0n) is 18.2. The van der Waals surface area contributed by atoms with E-state index in [9.17, 15) is 4.57 Å². The molecule has 3 unspecified atom stereocenters. The van der Waals surface area contributed by atoms with E-state index >= 15 is 0 Å². The summed E-state index contributed by atoms with van der Waals surface area (Å²) in [6.45, 7) is 15.1. The number of hydrogen-bond acceptors (Lipinski definition) is 3. The van der Waals surface area contributed by atoms with E-state index in [0.717, 1.165) is 11.8 Å². The fourth-order valence-electron chi connectivity index (χ4n) is 2.69. The van der Waals surface area contributed by atoms with E-state index in [1.807, 2.05) is 0 Å². The molecule has 0 aromatic rings. The van der Waals surface area contributed by atoms with Crippen LogP contribution < -0.4 is 5.32 Å². The van der Waals surface area contributed by atoms with Gasteiger partial charge in [-0.3, -0.25) is 4.52 Å². The van der Waals surface area contributed by atoms with Gasteiger partial charge in [0.2, 0.25) is 0 Å². The van der Waals surface area contributed by atoms with Gasteiger partial charge in [0.25, 0.3) is 0 Å². The van der Waals surface area contributed by atoms with E-state index in [-0.39, 0.29) is 6.10 Å². The molecule has 6 heteroatoms. The first-order valence-corrected chi connectivity index (χ1v) is 12.2. The fourth-order valence-corrected chi connectivity index (χ4v) is 3.31. The summed E-state index contributed by atoms with van der Waals surface area (Å²) in [6, 6.07) is 0. The van der Waals surface area contributed by atoms with Gasteiger partial charge in [0.15, 0.2) is 0 Å². The predicted molar refractivity (Wildman–Crippen MR) is 112 cm³/mol. The average Bonchev–Trinajstić information content (AvgIpc) is 2.59. The molecule has 26 heavy (non-hydrogen) atoms. The summed E-state index contributed by atoms with van der Waals surface area (Å²) in [4.78, 5) is 16.4. The van der Waals surface area contributed by atoms with Crippen LogP contribution in [0.4, 0.5) is 0 Å². The highest BCUT2D eigenvalue weighted by molar-refractivity contribution is 7.46. The molecule has 0 aliphatic rings. The Morgan fingerprint density at radius 1 is 0.846 bits per heavy atom. The summed E-state index contributed by atoms with van der Waals surface area (Å²) in [5.74, 6) is 1.80. The smallest absolute Gasteiger partial charge is 0.316 e. The van der Waals surface area contributed by atoms with Crippen LogP contribution in [0.2, 0.25) is 0 Å². The number of nitrogens with one attached hydrogen (secondary N) is 1. The Hall–Kier alpha value is 0.0700. The van der Waals surface area contributed by atoms with Crippen molar-refractivity contribution in [1.29, 1.82) is 0 Å². The molecule has 0 spiro atoms. The zero-order valence-corrected chi connectivity index (χ0v) is 19.1. The molecule has 0 saturated heterocycles. The molecule has 160 valence electrons. The normalized spacial score (nSPS) is 15.1. The summed E-state index contributed by atoms with van der Waals surface area (Å²) in [6.07, 6.45) is 11.2. The van der Waals surface area contributed by atoms with Crippen molar-refractivity contribution >= 4 is 7.82 Å². The van der Waals surface area contributed by atoms with Gasteiger partial charge in [-0.15, -0.1) is 0 Å². The maximum absolute atomic E-state index is 10.1. The van der Waals surface area contributed by atoms with E-state index in [2.05, 4.69) is 37.5 Å². The second-order valence-corrected chi connectivity index (χ2v) is 8.50. The van der Waals surface area contributed by atoms with E-state index < -0.39 is 7.82 Å². The number of phosphoric acid groups is 1. The van der Waals surface area contributed by atoms with Crippen LogP contribution in [-0.2, 0) is 9.09 Å². The predicted octanol–water partition coefficient (Wildman–Crippen LogP) is 5.90. The lowest BCUT2D eigenvalue weighted by atomic mass is 9.97. The van der Waals surface area contributed by atoms with Gasteiger partial charge in [-0.2, -0.15) is 0 Å². The van der Waals surface area contributed by atoms with Gasteiger partial charge in [0.1, 0.15) is 0 Å². The summed E-state index contributed by atoms with van der Waals surface area (Å²) in [5.41, 5.74) is 0. The molecule has 3 atom stereocenters. The van der Waals surface area contributed by atoms with Crippen LogP contribution in [0.5, 0.6) is 0 Å². The standard InChI is InChI=1S/C16H35N.C4H11O4P/c1-5-9-11-15(7-3)13-17-14-16(8-4)12-10-6-2;1-3-4(2)8-9(5,6)7/h15-17H,5-14H2,1-4H3;4H,3H2,1-2H3,(H2,5,6,7). The maximum atomic E-state index is 10.1. The minimum absolute atomic E-state index is 0.370. The zero-order chi connectivity index (χ0) is 20.4. The van der Waals surface area contributed by atoms with Crippen molar-refractivity contribution in [2.24, 2.45) is 11.8 Å². The molecule has 3 N–H and O–H groups in total. The summed E-state index contributed by atoms with van der Waals surface area (Å²) < 4.78 is 14.3. The number of hydrogen-bond donors (Lipinski definition) is 3. The fraction of sp³-hybridized carbons (Fsp3) is 1.00. The van der Waals surface area contributed by atoms with Crippen LogP contribution in [0, 0.1) is 11.8 Å². The largest absolute Gasteiger partial charge is 0.469 e. The molecule has 5 nitrogen and oxygen atoms in total. The van der Waals surface area contributed by atoms with E-state index in [1.165, 1.54) is 64.5 Å². The van der Waals surface area contributed by atoms with Gasteiger partial charge in [-0.1, -0.05) is 73.1 Å². The van der Waals surface area contributed by atoms with Crippen molar-refractivity contribution in [2.45, 2.75) is 105 Å². The van der Waals surface area contributed by atoms with Gasteiger partial charge in [0, 0.05) is 0 Å². The second-order valence-electron chi connectivity index (χ2n) is 7.31. The third kappa shape index (κ3) is 20.4. The maximum Gasteiger partial charge on any atom is 0.469 e. The molecule has 0 amide bonds. The van der Waals surface area contributed by atoms with Crippen LogP contribution in [0.15, 0.2) is 0 Å². The summed E-state index contributed by atoms with van der Waals surface area (Å²) in [5, 5.41) is 3.71. The first-order chi connectivity index (χ1) is 12.2. The van der Waals surface area contributed by atoms with Gasteiger partial charge < -0.3 is 15.1 Å². The van der Waals surface area contributed by atoms with Gasteiger partial charge in [-0.25, -0.2) is 4.57 Å². The van der Waals surface area contributed by atoms with Crippen molar-refractivity contribution in [3.05, 3.63) is 0 Å². The van der Waals surface area contributed by atoms with Crippen LogP contribution in [0.3, 0.4) is 0 Å². The third-order valence-electron chi connectivity index (χ3n) is 4.84. The Balaban J connectivity index is 0. The van der Waals surface area contributed by atoms with Crippen molar-refractivity contribution in [2.75, 3.05) is 13.1 Å². The summed E-state index contributed by atoms with van der Waals surface area (Å²) >= 11 is 0. The van der Waals surface area contributed by atoms with Gasteiger partial charge in [-0.05, 0) is 51.1 Å². The van der Waals surface area contributed by atoms with Crippen LogP contribution >= 0.6 is 7.82 Å². The second kappa shape index (κ2) is 18.4. The highest BCUT2D eigenvalue weighted by atomic mass is 31.2. The number of phosphoric ester groups is 1. The molecule has 0 aliphatic heterocycles. The quantitative estimate of drug-likeness (QED) is 0.301. The molecular formula is C20H46NO4P. The first kappa shape index (κ1) is 28.3. The van der Waals surface area contributed by atoms with Crippen molar-refractivity contribution in [3.8, 4) is 0 Å².